The third-order valence-electron chi connectivity index (χ3n) is 3.30. The summed E-state index contributed by atoms with van der Waals surface area (Å²) >= 11 is 1.25. The molecule has 0 spiro atoms. The molecule has 0 radical (unpaired) electrons. The van der Waals surface area contributed by atoms with Gasteiger partial charge in [-0.1, -0.05) is 6.07 Å². The van der Waals surface area contributed by atoms with Gasteiger partial charge >= 0.3 is 0 Å². The molecule has 5 nitrogen and oxygen atoms in total. The third-order valence-corrected chi connectivity index (χ3v) is 4.21. The molecule has 2 amide bonds. The van der Waals surface area contributed by atoms with E-state index in [4.69, 9.17) is 4.74 Å². The van der Waals surface area contributed by atoms with Crippen LogP contribution in [-0.4, -0.2) is 54.5 Å². The normalized spacial score (nSPS) is 14.7. The highest BCUT2D eigenvalue weighted by Gasteiger charge is 2.17. The minimum Gasteiger partial charge on any atom is -0.378 e. The molecule has 1 aliphatic heterocycles. The monoisotopic (exact) mass is 326 g/mol. The van der Waals surface area contributed by atoms with Crippen LogP contribution >= 0.6 is 11.8 Å². The number of carbonyl (C=O) groups is 2. The second kappa shape index (κ2) is 8.14. The number of ether oxygens (including phenoxy) is 1. The molecule has 120 valence electrons. The molecule has 1 N–H and O–H groups in total. The van der Waals surface area contributed by atoms with E-state index in [0.29, 0.717) is 32.0 Å². The van der Waals surface area contributed by atoms with Gasteiger partial charge in [-0.2, -0.15) is 0 Å². The van der Waals surface area contributed by atoms with E-state index in [0.717, 1.165) is 5.56 Å². The van der Waals surface area contributed by atoms with Crippen LogP contribution in [0, 0.1) is 12.7 Å². The molecule has 0 unspecified atom stereocenters. The molecule has 22 heavy (non-hydrogen) atoms. The standard InChI is InChI=1S/C15H19FN2O3S/c1-11-2-3-12(16)8-13(11)17-14(19)9-22-10-15(20)18-4-6-21-7-5-18/h2-3,8H,4-7,9-10H2,1H3,(H,17,19). The first kappa shape index (κ1) is 16.8. The number of hydrogen-bond acceptors (Lipinski definition) is 4. The van der Waals surface area contributed by atoms with Gasteiger partial charge in [0.1, 0.15) is 5.82 Å². The summed E-state index contributed by atoms with van der Waals surface area (Å²) < 4.78 is 18.3. The van der Waals surface area contributed by atoms with E-state index in [1.54, 1.807) is 17.9 Å². The summed E-state index contributed by atoms with van der Waals surface area (Å²) in [6, 6.07) is 4.25. The van der Waals surface area contributed by atoms with Crippen LogP contribution in [-0.2, 0) is 14.3 Å². The fourth-order valence-electron chi connectivity index (χ4n) is 2.05. The molecule has 1 aromatic carbocycles. The minimum atomic E-state index is -0.393. The second-order valence-corrected chi connectivity index (χ2v) is 5.98. The predicted octanol–water partition coefficient (Wildman–Crippen LogP) is 1.66. The van der Waals surface area contributed by atoms with E-state index in [9.17, 15) is 14.0 Å². The molecule has 7 heteroatoms. The van der Waals surface area contributed by atoms with Crippen molar-refractivity contribution in [2.45, 2.75) is 6.92 Å². The number of benzene rings is 1. The zero-order chi connectivity index (χ0) is 15.9. The average molecular weight is 326 g/mol. The zero-order valence-corrected chi connectivity index (χ0v) is 13.2. The van der Waals surface area contributed by atoms with E-state index in [1.807, 2.05) is 0 Å². The largest absolute Gasteiger partial charge is 0.378 e. The summed E-state index contributed by atoms with van der Waals surface area (Å²) in [5.41, 5.74) is 1.26. The van der Waals surface area contributed by atoms with Gasteiger partial charge in [-0.05, 0) is 24.6 Å². The Kier molecular flexibility index (Phi) is 6.21. The summed E-state index contributed by atoms with van der Waals surface area (Å²) in [4.78, 5) is 25.5. The van der Waals surface area contributed by atoms with E-state index in [-0.39, 0.29) is 23.3 Å². The molecule has 0 aromatic heterocycles. The van der Waals surface area contributed by atoms with Crippen LogP contribution in [0.25, 0.3) is 0 Å². The van der Waals surface area contributed by atoms with Gasteiger partial charge in [0.15, 0.2) is 0 Å². The van der Waals surface area contributed by atoms with Gasteiger partial charge in [-0.3, -0.25) is 9.59 Å². The molecule has 2 rings (SSSR count). The predicted molar refractivity (Wildman–Crippen MR) is 84.5 cm³/mol. The van der Waals surface area contributed by atoms with Crippen LogP contribution in [0.5, 0.6) is 0 Å². The lowest BCUT2D eigenvalue weighted by Gasteiger charge is -2.26. The molecular formula is C15H19FN2O3S. The number of nitrogens with one attached hydrogen (secondary N) is 1. The zero-order valence-electron chi connectivity index (χ0n) is 12.4. The van der Waals surface area contributed by atoms with Crippen molar-refractivity contribution in [3.63, 3.8) is 0 Å². The first-order chi connectivity index (χ1) is 10.6. The molecule has 0 bridgehead atoms. The fourth-order valence-corrected chi connectivity index (χ4v) is 2.77. The molecular weight excluding hydrogens is 307 g/mol. The van der Waals surface area contributed by atoms with Crippen LogP contribution < -0.4 is 5.32 Å². The van der Waals surface area contributed by atoms with Crippen LogP contribution in [0.1, 0.15) is 5.56 Å². The number of thioether (sulfide) groups is 1. The van der Waals surface area contributed by atoms with Crippen molar-refractivity contribution in [3.05, 3.63) is 29.6 Å². The van der Waals surface area contributed by atoms with Crippen molar-refractivity contribution in [1.29, 1.82) is 0 Å². The summed E-state index contributed by atoms with van der Waals surface area (Å²) in [5.74, 6) is -0.200. The molecule has 1 aromatic rings. The molecule has 1 saturated heterocycles. The van der Waals surface area contributed by atoms with Gasteiger partial charge in [-0.25, -0.2) is 4.39 Å². The Balaban J connectivity index is 1.73. The SMILES string of the molecule is Cc1ccc(F)cc1NC(=O)CSCC(=O)N1CCOCC1. The molecule has 0 atom stereocenters. The number of aryl methyl sites for hydroxylation is 1. The molecule has 1 heterocycles. The van der Waals surface area contributed by atoms with E-state index >= 15 is 0 Å². The van der Waals surface area contributed by atoms with Crippen LogP contribution in [0.3, 0.4) is 0 Å². The Morgan fingerprint density at radius 1 is 1.32 bits per heavy atom. The molecule has 1 aliphatic rings. The number of hydrogen-bond donors (Lipinski definition) is 1. The minimum absolute atomic E-state index is 0.0167. The van der Waals surface area contributed by atoms with Gasteiger partial charge in [0, 0.05) is 18.8 Å². The summed E-state index contributed by atoms with van der Waals surface area (Å²) in [6.07, 6.45) is 0. The number of nitrogens with zero attached hydrogens (tertiary/aromatic N) is 1. The van der Waals surface area contributed by atoms with Gasteiger partial charge in [0.2, 0.25) is 11.8 Å². The maximum Gasteiger partial charge on any atom is 0.234 e. The van der Waals surface area contributed by atoms with Crippen LogP contribution in [0.15, 0.2) is 18.2 Å². The van der Waals surface area contributed by atoms with Gasteiger partial charge in [0.25, 0.3) is 0 Å². The maximum absolute atomic E-state index is 13.1. The smallest absolute Gasteiger partial charge is 0.234 e. The Morgan fingerprint density at radius 3 is 2.77 bits per heavy atom. The molecule has 1 fully saturated rings. The number of halogens is 1. The van der Waals surface area contributed by atoms with Crippen molar-refractivity contribution < 1.29 is 18.7 Å². The maximum atomic E-state index is 13.1. The highest BCUT2D eigenvalue weighted by molar-refractivity contribution is 8.00. The molecule has 0 aliphatic carbocycles. The lowest BCUT2D eigenvalue weighted by atomic mass is 10.2. The Bertz CT molecular complexity index is 548. The van der Waals surface area contributed by atoms with Crippen molar-refractivity contribution in [2.24, 2.45) is 0 Å². The van der Waals surface area contributed by atoms with Gasteiger partial charge in [0.05, 0.1) is 24.7 Å². The number of carbonyl (C=O) groups excluding carboxylic acids is 2. The van der Waals surface area contributed by atoms with Crippen molar-refractivity contribution in [2.75, 3.05) is 43.1 Å². The topological polar surface area (TPSA) is 58.6 Å². The fraction of sp³-hybridized carbons (Fsp3) is 0.467. The molecule has 0 saturated carbocycles. The van der Waals surface area contributed by atoms with Crippen molar-refractivity contribution in [3.8, 4) is 0 Å². The first-order valence-electron chi connectivity index (χ1n) is 7.05. The Labute approximate surface area is 133 Å². The van der Waals surface area contributed by atoms with Crippen molar-refractivity contribution >= 4 is 29.3 Å². The van der Waals surface area contributed by atoms with E-state index < -0.39 is 5.82 Å². The van der Waals surface area contributed by atoms with Gasteiger partial charge in [-0.15, -0.1) is 11.8 Å². The summed E-state index contributed by atoms with van der Waals surface area (Å²) in [5, 5.41) is 2.66. The number of amides is 2. The van der Waals surface area contributed by atoms with E-state index in [1.165, 1.54) is 23.9 Å². The second-order valence-electron chi connectivity index (χ2n) is 4.99. The third kappa shape index (κ3) is 4.99. The van der Waals surface area contributed by atoms with Crippen molar-refractivity contribution in [1.82, 2.24) is 4.90 Å². The summed E-state index contributed by atoms with van der Waals surface area (Å²) in [7, 11) is 0. The Morgan fingerprint density at radius 2 is 2.05 bits per heavy atom. The van der Waals surface area contributed by atoms with Crippen LogP contribution in [0.2, 0.25) is 0 Å². The van der Waals surface area contributed by atoms with Gasteiger partial charge < -0.3 is 15.0 Å². The number of rotatable bonds is 5. The summed E-state index contributed by atoms with van der Waals surface area (Å²) in [6.45, 7) is 4.14. The first-order valence-corrected chi connectivity index (χ1v) is 8.21. The highest BCUT2D eigenvalue weighted by Crippen LogP contribution is 2.16. The Hall–Kier alpha value is -1.60. The highest BCUT2D eigenvalue weighted by atomic mass is 32.2. The average Bonchev–Trinajstić information content (AvgIpc) is 2.51. The lowest BCUT2D eigenvalue weighted by Crippen LogP contribution is -2.41. The van der Waals surface area contributed by atoms with Crippen LogP contribution in [0.4, 0.5) is 10.1 Å². The quantitative estimate of drug-likeness (QED) is 0.894. The lowest BCUT2D eigenvalue weighted by molar-refractivity contribution is -0.132. The van der Waals surface area contributed by atoms with E-state index in [2.05, 4.69) is 5.32 Å². The number of morpholine rings is 1. The number of anilines is 1.